The van der Waals surface area contributed by atoms with Gasteiger partial charge in [0.2, 0.25) is 0 Å². The van der Waals surface area contributed by atoms with Gasteiger partial charge in [-0.15, -0.1) is 0 Å². The second-order valence-electron chi connectivity index (χ2n) is 8.27. The number of hydrogen-bond acceptors (Lipinski definition) is 2. The Morgan fingerprint density at radius 3 is 2.48 bits per heavy atom. The molecule has 0 spiro atoms. The first kappa shape index (κ1) is 21.9. The fourth-order valence-corrected chi connectivity index (χ4v) is 7.63. The van der Waals surface area contributed by atoms with Gasteiger partial charge in [0.15, 0.2) is 0 Å². The van der Waals surface area contributed by atoms with E-state index in [4.69, 9.17) is 0 Å². The van der Waals surface area contributed by atoms with Crippen LogP contribution in [0.2, 0.25) is 0 Å². The van der Waals surface area contributed by atoms with Crippen LogP contribution in [0, 0.1) is 26.9 Å². The minimum atomic E-state index is -0.146. The number of nitrogens with zero attached hydrogens (tertiary/aromatic N) is 1. The van der Waals surface area contributed by atoms with Crippen LogP contribution in [0.25, 0.3) is 0 Å². The number of hydrogen-bond donors (Lipinski definition) is 0. The standard InChI is InChI=1S/C18H34I2NO2/c1-6-8-18(19,14-21(22)23)13-17(11-15(17)12-20-5)10-9-16(3,4)7-2/h15H,6-14H2,1-5H3/q-1/t15?,17-,18+/m0/s1. The fraction of sp³-hybridized carbons (Fsp3) is 1.00. The maximum atomic E-state index is 11.2. The van der Waals surface area contributed by atoms with Crippen LogP contribution in [0.4, 0.5) is 0 Å². The molecule has 1 aliphatic carbocycles. The third-order valence-corrected chi connectivity index (χ3v) is 8.94. The molecule has 0 aromatic rings. The summed E-state index contributed by atoms with van der Waals surface area (Å²) in [4.78, 5) is 13.5. The van der Waals surface area contributed by atoms with E-state index in [0.717, 1.165) is 25.2 Å². The van der Waals surface area contributed by atoms with Crippen LogP contribution in [0.5, 0.6) is 0 Å². The fourth-order valence-electron chi connectivity index (χ4n) is 3.75. The van der Waals surface area contributed by atoms with Gasteiger partial charge in [-0.3, -0.25) is 0 Å². The van der Waals surface area contributed by atoms with E-state index in [1.54, 1.807) is 0 Å². The molecule has 0 aliphatic heterocycles. The molecule has 138 valence electrons. The molecule has 23 heavy (non-hydrogen) atoms. The third kappa shape index (κ3) is 6.94. The Labute approximate surface area is 166 Å². The summed E-state index contributed by atoms with van der Waals surface area (Å²) >= 11 is 2.75. The van der Waals surface area contributed by atoms with Gasteiger partial charge >= 0.3 is 168 Å². The van der Waals surface area contributed by atoms with Crippen molar-refractivity contribution in [3.8, 4) is 0 Å². The molecule has 3 atom stereocenters. The molecule has 1 fully saturated rings. The molecule has 0 heterocycles. The monoisotopic (exact) mass is 550 g/mol. The van der Waals surface area contributed by atoms with Crippen molar-refractivity contribution in [1.82, 2.24) is 0 Å². The second-order valence-corrected chi connectivity index (χ2v) is 13.0. The maximum absolute atomic E-state index is 11.2. The van der Waals surface area contributed by atoms with Crippen LogP contribution in [-0.2, 0) is 0 Å². The van der Waals surface area contributed by atoms with E-state index in [1.165, 1.54) is 30.1 Å². The van der Waals surface area contributed by atoms with E-state index in [2.05, 4.69) is 55.2 Å². The van der Waals surface area contributed by atoms with Crippen molar-refractivity contribution in [3.05, 3.63) is 10.1 Å². The van der Waals surface area contributed by atoms with Crippen molar-refractivity contribution in [2.45, 2.75) is 76.1 Å². The molecule has 0 aromatic carbocycles. The molecule has 3 nitrogen and oxygen atoms in total. The molecule has 0 aromatic heterocycles. The van der Waals surface area contributed by atoms with E-state index in [9.17, 15) is 10.1 Å². The molecule has 1 aliphatic rings. The zero-order valence-corrected chi connectivity index (χ0v) is 19.8. The predicted molar refractivity (Wildman–Crippen MR) is 103 cm³/mol. The van der Waals surface area contributed by atoms with Gasteiger partial charge in [-0.2, -0.15) is 0 Å². The molecule has 0 amide bonds. The molecule has 0 bridgehead atoms. The van der Waals surface area contributed by atoms with Crippen LogP contribution in [0.3, 0.4) is 0 Å². The van der Waals surface area contributed by atoms with Crippen LogP contribution in [0.15, 0.2) is 0 Å². The number of nitro groups is 1. The Hall–Kier alpha value is 0.860. The number of halogens is 2. The Balaban J connectivity index is 2.82. The quantitative estimate of drug-likeness (QED) is 0.162. The molecule has 0 N–H and O–H groups in total. The topological polar surface area (TPSA) is 43.1 Å². The first-order chi connectivity index (χ1) is 10.6. The van der Waals surface area contributed by atoms with Gasteiger partial charge in [-0.05, 0) is 0 Å². The molecular formula is C18H34I2NO2-. The first-order valence-corrected chi connectivity index (χ1v) is 13.6. The van der Waals surface area contributed by atoms with Crippen molar-refractivity contribution in [1.29, 1.82) is 0 Å². The third-order valence-electron chi connectivity index (χ3n) is 5.74. The van der Waals surface area contributed by atoms with Crippen molar-refractivity contribution in [2.75, 3.05) is 15.9 Å². The van der Waals surface area contributed by atoms with Crippen LogP contribution < -0.4 is 21.2 Å². The summed E-state index contributed by atoms with van der Waals surface area (Å²) in [6.07, 6.45) is 8.15. The second kappa shape index (κ2) is 8.99. The predicted octanol–water partition coefficient (Wildman–Crippen LogP) is 2.57. The number of alkyl halides is 3. The Morgan fingerprint density at radius 1 is 1.35 bits per heavy atom. The van der Waals surface area contributed by atoms with Gasteiger partial charge in [0.25, 0.3) is 0 Å². The van der Waals surface area contributed by atoms with Gasteiger partial charge < -0.3 is 0 Å². The van der Waals surface area contributed by atoms with Crippen molar-refractivity contribution in [3.63, 3.8) is 0 Å². The number of rotatable bonds is 12. The van der Waals surface area contributed by atoms with Crippen LogP contribution in [-0.4, -0.2) is 24.2 Å². The SMILES string of the molecule is CCC[C@](I)(C[N+](=O)[O-])C[C@]1(CCC(C)(C)CC)CC1C[I-]C. The van der Waals surface area contributed by atoms with Crippen molar-refractivity contribution < 1.29 is 26.1 Å². The van der Waals surface area contributed by atoms with Gasteiger partial charge in [0.05, 0.1) is 0 Å². The van der Waals surface area contributed by atoms with Gasteiger partial charge in [0, 0.05) is 0 Å². The summed E-state index contributed by atoms with van der Waals surface area (Å²) in [5.41, 5.74) is 0.817. The van der Waals surface area contributed by atoms with E-state index >= 15 is 0 Å². The first-order valence-electron chi connectivity index (χ1n) is 8.86. The summed E-state index contributed by atoms with van der Waals surface area (Å²) in [7, 11) is 0. The summed E-state index contributed by atoms with van der Waals surface area (Å²) in [6.45, 7) is 9.30. The molecule has 1 unspecified atom stereocenters. The van der Waals surface area contributed by atoms with E-state index in [-0.39, 0.29) is 14.9 Å². The summed E-state index contributed by atoms with van der Waals surface area (Å²) in [6, 6.07) is 0. The van der Waals surface area contributed by atoms with E-state index < -0.39 is 0 Å². The molecular weight excluding hydrogens is 516 g/mol. The van der Waals surface area contributed by atoms with Crippen LogP contribution >= 0.6 is 22.6 Å². The molecule has 5 heteroatoms. The minimum absolute atomic E-state index is 0.0874. The zero-order chi connectivity index (χ0) is 17.7. The summed E-state index contributed by atoms with van der Waals surface area (Å²) in [5, 5.41) is 11.2. The average molecular weight is 550 g/mol. The Kier molecular flexibility index (Phi) is 8.56. The van der Waals surface area contributed by atoms with Gasteiger partial charge in [-0.25, -0.2) is 0 Å². The molecule has 1 saturated carbocycles. The van der Waals surface area contributed by atoms with E-state index in [1.807, 2.05) is 0 Å². The van der Waals surface area contributed by atoms with Gasteiger partial charge in [0.1, 0.15) is 0 Å². The normalized spacial score (nSPS) is 27.0. The molecule has 0 radical (unpaired) electrons. The van der Waals surface area contributed by atoms with E-state index in [0.29, 0.717) is 32.0 Å². The van der Waals surface area contributed by atoms with Crippen molar-refractivity contribution >= 4 is 22.6 Å². The average Bonchev–Trinajstić information content (AvgIpc) is 3.09. The summed E-state index contributed by atoms with van der Waals surface area (Å²) in [5.74, 6) is 0.853. The Bertz CT molecular complexity index is 402. The Morgan fingerprint density at radius 2 is 2.00 bits per heavy atom. The molecule has 1 rings (SSSR count). The summed E-state index contributed by atoms with van der Waals surface area (Å²) < 4.78 is 1.26. The van der Waals surface area contributed by atoms with Gasteiger partial charge in [-0.1, -0.05) is 0 Å². The van der Waals surface area contributed by atoms with Crippen LogP contribution in [0.1, 0.15) is 72.6 Å². The zero-order valence-electron chi connectivity index (χ0n) is 15.5. The van der Waals surface area contributed by atoms with Crippen molar-refractivity contribution in [2.24, 2.45) is 16.7 Å². The molecule has 0 saturated heterocycles.